The molecular weight excluding hydrogens is 256 g/mol. The van der Waals surface area contributed by atoms with Crippen LogP contribution in [-0.4, -0.2) is 4.98 Å². The maximum absolute atomic E-state index is 6.16. The minimum atomic E-state index is 0.0821. The van der Waals surface area contributed by atoms with Gasteiger partial charge in [-0.05, 0) is 48.9 Å². The van der Waals surface area contributed by atoms with Crippen LogP contribution in [0.2, 0.25) is 0 Å². The third-order valence-electron chi connectivity index (χ3n) is 4.22. The van der Waals surface area contributed by atoms with Gasteiger partial charge in [0.15, 0.2) is 0 Å². The molecule has 21 heavy (non-hydrogen) atoms. The van der Waals surface area contributed by atoms with Gasteiger partial charge in [-0.15, -0.1) is 0 Å². The van der Waals surface area contributed by atoms with Crippen molar-refractivity contribution < 1.29 is 0 Å². The molecule has 1 unspecified atom stereocenters. The molecular formula is C19H26N2. The monoisotopic (exact) mass is 282 g/mol. The number of nitrogens with two attached hydrogens (primary N) is 1. The Kier molecular flexibility index (Phi) is 5.13. The Morgan fingerprint density at radius 2 is 1.62 bits per heavy atom. The molecule has 2 rings (SSSR count). The van der Waals surface area contributed by atoms with Gasteiger partial charge in [0.05, 0.1) is 5.69 Å². The number of benzene rings is 1. The van der Waals surface area contributed by atoms with E-state index in [2.05, 4.69) is 58.0 Å². The second kappa shape index (κ2) is 6.86. The quantitative estimate of drug-likeness (QED) is 0.871. The molecule has 0 saturated heterocycles. The predicted molar refractivity (Wildman–Crippen MR) is 90.4 cm³/mol. The van der Waals surface area contributed by atoms with Crippen LogP contribution in [0.25, 0.3) is 11.3 Å². The number of aryl methyl sites for hydroxylation is 3. The van der Waals surface area contributed by atoms with E-state index in [0.29, 0.717) is 0 Å². The van der Waals surface area contributed by atoms with E-state index < -0.39 is 0 Å². The van der Waals surface area contributed by atoms with E-state index in [1.165, 1.54) is 16.7 Å². The van der Waals surface area contributed by atoms with Gasteiger partial charge in [0.2, 0.25) is 0 Å². The molecule has 1 atom stereocenters. The van der Waals surface area contributed by atoms with Gasteiger partial charge in [-0.3, -0.25) is 4.98 Å². The SMILES string of the molecule is CCc1cccc(CC)c1-c1ccc(C(N)CC)c(C)n1. The van der Waals surface area contributed by atoms with Gasteiger partial charge in [-0.1, -0.05) is 45.0 Å². The van der Waals surface area contributed by atoms with E-state index in [0.717, 1.165) is 36.2 Å². The van der Waals surface area contributed by atoms with Crippen LogP contribution in [0.1, 0.15) is 55.6 Å². The van der Waals surface area contributed by atoms with Crippen molar-refractivity contribution in [3.8, 4) is 11.3 Å². The second-order valence-corrected chi connectivity index (χ2v) is 5.54. The maximum Gasteiger partial charge on any atom is 0.0710 e. The summed E-state index contributed by atoms with van der Waals surface area (Å²) in [6.07, 6.45) is 2.99. The molecule has 0 bridgehead atoms. The van der Waals surface area contributed by atoms with Gasteiger partial charge in [0.1, 0.15) is 0 Å². The predicted octanol–water partition coefficient (Wildman–Crippen LogP) is 4.59. The zero-order chi connectivity index (χ0) is 15.4. The summed E-state index contributed by atoms with van der Waals surface area (Å²) < 4.78 is 0. The van der Waals surface area contributed by atoms with Crippen LogP contribution in [0.3, 0.4) is 0 Å². The molecule has 1 aromatic heterocycles. The molecule has 0 aliphatic rings. The normalized spacial score (nSPS) is 12.4. The summed E-state index contributed by atoms with van der Waals surface area (Å²) in [6, 6.07) is 10.9. The molecule has 0 amide bonds. The molecule has 2 heteroatoms. The topological polar surface area (TPSA) is 38.9 Å². The highest BCUT2D eigenvalue weighted by Gasteiger charge is 2.13. The van der Waals surface area contributed by atoms with Crippen LogP contribution in [0.15, 0.2) is 30.3 Å². The highest BCUT2D eigenvalue weighted by atomic mass is 14.7. The fraction of sp³-hybridized carbons (Fsp3) is 0.421. The number of nitrogens with zero attached hydrogens (tertiary/aromatic N) is 1. The highest BCUT2D eigenvalue weighted by Crippen LogP contribution is 2.29. The lowest BCUT2D eigenvalue weighted by Crippen LogP contribution is -2.11. The van der Waals surface area contributed by atoms with Gasteiger partial charge in [-0.25, -0.2) is 0 Å². The summed E-state index contributed by atoms with van der Waals surface area (Å²) in [5.74, 6) is 0. The number of aromatic nitrogens is 1. The van der Waals surface area contributed by atoms with Crippen molar-refractivity contribution in [3.05, 3.63) is 52.7 Å². The molecule has 0 saturated carbocycles. The van der Waals surface area contributed by atoms with Gasteiger partial charge < -0.3 is 5.73 Å². The van der Waals surface area contributed by atoms with E-state index in [1.807, 2.05) is 0 Å². The Bertz CT molecular complexity index is 595. The van der Waals surface area contributed by atoms with Crippen LogP contribution in [0.4, 0.5) is 0 Å². The van der Waals surface area contributed by atoms with Gasteiger partial charge in [0.25, 0.3) is 0 Å². The van der Waals surface area contributed by atoms with Gasteiger partial charge in [0, 0.05) is 17.3 Å². The molecule has 2 N–H and O–H groups in total. The van der Waals surface area contributed by atoms with Crippen molar-refractivity contribution in [1.82, 2.24) is 4.98 Å². The number of hydrogen-bond acceptors (Lipinski definition) is 2. The van der Waals surface area contributed by atoms with E-state index in [-0.39, 0.29) is 6.04 Å². The van der Waals surface area contributed by atoms with Crippen LogP contribution in [0, 0.1) is 6.92 Å². The minimum absolute atomic E-state index is 0.0821. The lowest BCUT2D eigenvalue weighted by molar-refractivity contribution is 0.689. The Morgan fingerprint density at radius 1 is 1.00 bits per heavy atom. The second-order valence-electron chi connectivity index (χ2n) is 5.54. The fourth-order valence-corrected chi connectivity index (χ4v) is 2.89. The minimum Gasteiger partial charge on any atom is -0.324 e. The van der Waals surface area contributed by atoms with E-state index in [4.69, 9.17) is 10.7 Å². The van der Waals surface area contributed by atoms with Crippen molar-refractivity contribution in [3.63, 3.8) is 0 Å². The lowest BCUT2D eigenvalue weighted by Gasteiger charge is -2.16. The molecule has 0 radical (unpaired) electrons. The van der Waals surface area contributed by atoms with E-state index in [1.54, 1.807) is 0 Å². The molecule has 112 valence electrons. The number of pyridine rings is 1. The summed E-state index contributed by atoms with van der Waals surface area (Å²) in [4.78, 5) is 4.85. The first-order chi connectivity index (χ1) is 10.1. The van der Waals surface area contributed by atoms with Gasteiger partial charge in [-0.2, -0.15) is 0 Å². The number of hydrogen-bond donors (Lipinski definition) is 1. The molecule has 0 aliphatic carbocycles. The first-order valence-corrected chi connectivity index (χ1v) is 7.96. The molecule has 0 spiro atoms. The van der Waals surface area contributed by atoms with Crippen LogP contribution < -0.4 is 5.73 Å². The molecule has 0 fully saturated rings. The van der Waals surface area contributed by atoms with Gasteiger partial charge >= 0.3 is 0 Å². The lowest BCUT2D eigenvalue weighted by atomic mass is 9.93. The van der Waals surface area contributed by atoms with E-state index >= 15 is 0 Å². The van der Waals surface area contributed by atoms with Crippen molar-refractivity contribution in [2.75, 3.05) is 0 Å². The van der Waals surface area contributed by atoms with Crippen molar-refractivity contribution in [2.45, 2.75) is 53.0 Å². The standard InChI is InChI=1S/C19H26N2/c1-5-14-9-8-10-15(6-2)19(14)18-12-11-16(13(4)21-18)17(20)7-3/h8-12,17H,5-7,20H2,1-4H3. The van der Waals surface area contributed by atoms with Crippen molar-refractivity contribution in [2.24, 2.45) is 5.73 Å². The molecule has 1 aromatic carbocycles. The first kappa shape index (κ1) is 15.7. The maximum atomic E-state index is 6.16. The molecule has 0 aliphatic heterocycles. The average molecular weight is 282 g/mol. The zero-order valence-corrected chi connectivity index (χ0v) is 13.6. The average Bonchev–Trinajstić information content (AvgIpc) is 2.53. The Morgan fingerprint density at radius 3 is 2.10 bits per heavy atom. The van der Waals surface area contributed by atoms with E-state index in [9.17, 15) is 0 Å². The Balaban J connectivity index is 2.55. The fourth-order valence-electron chi connectivity index (χ4n) is 2.89. The molecule has 2 nitrogen and oxygen atoms in total. The van der Waals surface area contributed by atoms with Crippen LogP contribution in [0.5, 0.6) is 0 Å². The summed E-state index contributed by atoms with van der Waals surface area (Å²) in [5.41, 5.74) is 13.5. The number of rotatable bonds is 5. The summed E-state index contributed by atoms with van der Waals surface area (Å²) in [5, 5.41) is 0. The van der Waals surface area contributed by atoms with Crippen molar-refractivity contribution in [1.29, 1.82) is 0 Å². The first-order valence-electron chi connectivity index (χ1n) is 7.96. The largest absolute Gasteiger partial charge is 0.324 e. The highest BCUT2D eigenvalue weighted by molar-refractivity contribution is 5.68. The summed E-state index contributed by atoms with van der Waals surface area (Å²) >= 11 is 0. The Hall–Kier alpha value is -1.67. The Labute approximate surface area is 128 Å². The molecule has 1 heterocycles. The molecule has 2 aromatic rings. The third kappa shape index (κ3) is 3.16. The van der Waals surface area contributed by atoms with Crippen LogP contribution >= 0.6 is 0 Å². The summed E-state index contributed by atoms with van der Waals surface area (Å²) in [7, 11) is 0. The smallest absolute Gasteiger partial charge is 0.0710 e. The summed E-state index contributed by atoms with van der Waals surface area (Å²) in [6.45, 7) is 8.58. The third-order valence-corrected chi connectivity index (χ3v) is 4.22. The van der Waals surface area contributed by atoms with Crippen molar-refractivity contribution >= 4 is 0 Å². The zero-order valence-electron chi connectivity index (χ0n) is 13.6. The van der Waals surface area contributed by atoms with Crippen LogP contribution in [-0.2, 0) is 12.8 Å².